The number of aromatic amines is 1. The summed E-state index contributed by atoms with van der Waals surface area (Å²) in [5.74, 6) is -0.319. The maximum atomic E-state index is 12.0. The van der Waals surface area contributed by atoms with Crippen LogP contribution in [0.4, 0.5) is 0 Å². The first kappa shape index (κ1) is 22.1. The monoisotopic (exact) mass is 395 g/mol. The molecule has 28 heavy (non-hydrogen) atoms. The van der Waals surface area contributed by atoms with Gasteiger partial charge in [-0.1, -0.05) is 32.6 Å². The number of carbonyl (C=O) groups excluding carboxylic acids is 1. The normalized spacial score (nSPS) is 22.0. The number of aromatic nitrogens is 2. The predicted octanol–water partition coefficient (Wildman–Crippen LogP) is 0.277. The van der Waals surface area contributed by atoms with Crippen LogP contribution in [0.5, 0.6) is 0 Å². The number of aliphatic hydroxyl groups is 2. The van der Waals surface area contributed by atoms with Gasteiger partial charge < -0.3 is 20.3 Å². The maximum Gasteiger partial charge on any atom is 0.330 e. The lowest BCUT2D eigenvalue weighted by atomic mass is 10.1. The van der Waals surface area contributed by atoms with E-state index in [1.807, 2.05) is 0 Å². The van der Waals surface area contributed by atoms with E-state index in [0.717, 1.165) is 30.3 Å². The molecule has 0 aliphatic carbocycles. The molecule has 156 valence electrons. The van der Waals surface area contributed by atoms with Crippen LogP contribution in [0.2, 0.25) is 0 Å². The van der Waals surface area contributed by atoms with Crippen molar-refractivity contribution in [1.29, 1.82) is 0 Å². The zero-order chi connectivity index (χ0) is 20.5. The van der Waals surface area contributed by atoms with E-state index in [1.165, 1.54) is 24.8 Å². The van der Waals surface area contributed by atoms with E-state index in [-0.39, 0.29) is 24.5 Å². The highest BCUT2D eigenvalue weighted by Gasteiger charge is 2.35. The molecule has 1 saturated heterocycles. The Morgan fingerprint density at radius 3 is 2.79 bits per heavy atom. The highest BCUT2D eigenvalue weighted by atomic mass is 16.5. The van der Waals surface area contributed by atoms with Crippen molar-refractivity contribution in [2.45, 2.75) is 63.9 Å². The van der Waals surface area contributed by atoms with Crippen LogP contribution in [-0.4, -0.2) is 51.0 Å². The first-order chi connectivity index (χ1) is 13.5. The molecule has 0 saturated carbocycles. The summed E-state index contributed by atoms with van der Waals surface area (Å²) < 4.78 is 6.59. The van der Waals surface area contributed by atoms with Crippen molar-refractivity contribution >= 4 is 12.0 Å². The molecule has 1 aromatic rings. The summed E-state index contributed by atoms with van der Waals surface area (Å²) in [6.07, 6.45) is 6.93. The van der Waals surface area contributed by atoms with Crippen molar-refractivity contribution in [3.63, 3.8) is 0 Å². The summed E-state index contributed by atoms with van der Waals surface area (Å²) in [6.45, 7) is 2.34. The number of aliphatic hydroxyl groups excluding tert-OH is 2. The van der Waals surface area contributed by atoms with Gasteiger partial charge in [0.2, 0.25) is 5.91 Å². The lowest BCUT2D eigenvalue weighted by Gasteiger charge is -2.14. The van der Waals surface area contributed by atoms with Gasteiger partial charge in [0.15, 0.2) is 0 Å². The quantitative estimate of drug-likeness (QED) is 0.332. The van der Waals surface area contributed by atoms with Gasteiger partial charge in [-0.2, -0.15) is 0 Å². The van der Waals surface area contributed by atoms with Crippen molar-refractivity contribution in [1.82, 2.24) is 14.9 Å². The second-order valence-corrected chi connectivity index (χ2v) is 6.90. The molecule has 0 spiro atoms. The Balaban J connectivity index is 1.98. The van der Waals surface area contributed by atoms with Gasteiger partial charge in [0.05, 0.1) is 18.3 Å². The van der Waals surface area contributed by atoms with Crippen LogP contribution in [0.1, 0.15) is 57.2 Å². The lowest BCUT2D eigenvalue weighted by molar-refractivity contribution is -0.116. The standard InChI is InChI=1S/C19H29N3O6/c1-2-3-4-5-6-9-20-16(25)8-7-13-11-22(19(27)21-18(13)26)17-10-14(24)15(12-23)28-17/h7-8,11,14-15,17,23-24H,2-6,9-10,12H2,1H3,(H,20,25)(H,21,26,27)/b8-7+/t14-,15-,17-/m1/s1. The van der Waals surface area contributed by atoms with Gasteiger partial charge in [0.25, 0.3) is 5.56 Å². The topological polar surface area (TPSA) is 134 Å². The molecule has 2 heterocycles. The fourth-order valence-corrected chi connectivity index (χ4v) is 3.05. The van der Waals surface area contributed by atoms with Crippen LogP contribution in [0.15, 0.2) is 21.9 Å². The summed E-state index contributed by atoms with van der Waals surface area (Å²) in [5.41, 5.74) is -1.19. The molecule has 0 unspecified atom stereocenters. The molecule has 9 nitrogen and oxygen atoms in total. The highest BCUT2D eigenvalue weighted by Crippen LogP contribution is 2.27. The Kier molecular flexibility index (Phi) is 8.62. The third-order valence-electron chi connectivity index (χ3n) is 4.68. The van der Waals surface area contributed by atoms with Crippen LogP contribution in [-0.2, 0) is 9.53 Å². The fraction of sp³-hybridized carbons (Fsp3) is 0.632. The van der Waals surface area contributed by atoms with E-state index in [4.69, 9.17) is 9.84 Å². The summed E-state index contributed by atoms with van der Waals surface area (Å²) in [4.78, 5) is 38.1. The Labute approximate surface area is 163 Å². The highest BCUT2D eigenvalue weighted by molar-refractivity contribution is 5.91. The maximum absolute atomic E-state index is 12.0. The molecular formula is C19H29N3O6. The first-order valence-corrected chi connectivity index (χ1v) is 9.72. The van der Waals surface area contributed by atoms with Gasteiger partial charge in [-0.15, -0.1) is 0 Å². The van der Waals surface area contributed by atoms with Gasteiger partial charge in [-0.3, -0.25) is 19.1 Å². The van der Waals surface area contributed by atoms with Crippen LogP contribution in [0.25, 0.3) is 6.08 Å². The van der Waals surface area contributed by atoms with E-state index in [2.05, 4.69) is 17.2 Å². The Hall–Kier alpha value is -2.23. The summed E-state index contributed by atoms with van der Waals surface area (Å²) in [5, 5.41) is 21.7. The van der Waals surface area contributed by atoms with Crippen LogP contribution in [0.3, 0.4) is 0 Å². The molecule has 1 aromatic heterocycles. The minimum absolute atomic E-state index is 0.110. The second-order valence-electron chi connectivity index (χ2n) is 6.90. The number of unbranched alkanes of at least 4 members (excludes halogenated alkanes) is 4. The van der Waals surface area contributed by atoms with Crippen molar-refractivity contribution in [2.24, 2.45) is 0 Å². The molecule has 0 aromatic carbocycles. The Morgan fingerprint density at radius 2 is 2.11 bits per heavy atom. The van der Waals surface area contributed by atoms with Gasteiger partial charge in [0.1, 0.15) is 12.3 Å². The molecule has 2 rings (SSSR count). The van der Waals surface area contributed by atoms with Crippen LogP contribution in [0, 0.1) is 0 Å². The minimum atomic E-state index is -0.907. The average molecular weight is 395 g/mol. The lowest BCUT2D eigenvalue weighted by Crippen LogP contribution is -2.33. The number of rotatable bonds is 10. The van der Waals surface area contributed by atoms with E-state index in [1.54, 1.807) is 0 Å². The second kappa shape index (κ2) is 10.9. The van der Waals surface area contributed by atoms with Crippen molar-refractivity contribution in [3.05, 3.63) is 38.7 Å². The summed E-state index contributed by atoms with van der Waals surface area (Å²) in [7, 11) is 0. The number of nitrogens with zero attached hydrogens (tertiary/aromatic N) is 1. The van der Waals surface area contributed by atoms with Crippen molar-refractivity contribution in [2.75, 3.05) is 13.2 Å². The predicted molar refractivity (Wildman–Crippen MR) is 104 cm³/mol. The average Bonchev–Trinajstić information content (AvgIpc) is 3.04. The fourth-order valence-electron chi connectivity index (χ4n) is 3.05. The van der Waals surface area contributed by atoms with Crippen molar-refractivity contribution in [3.8, 4) is 0 Å². The summed E-state index contributed by atoms with van der Waals surface area (Å²) in [6, 6.07) is 0. The molecular weight excluding hydrogens is 366 g/mol. The number of carbonyl (C=O) groups is 1. The number of hydrogen-bond donors (Lipinski definition) is 4. The third kappa shape index (κ3) is 6.15. The number of hydrogen-bond acceptors (Lipinski definition) is 6. The molecule has 9 heteroatoms. The van der Waals surface area contributed by atoms with Gasteiger partial charge >= 0.3 is 5.69 Å². The number of H-pyrrole nitrogens is 1. The van der Waals surface area contributed by atoms with E-state index < -0.39 is 29.7 Å². The smallest absolute Gasteiger partial charge is 0.330 e. The van der Waals surface area contributed by atoms with Gasteiger partial charge in [0, 0.05) is 25.2 Å². The zero-order valence-electron chi connectivity index (χ0n) is 16.1. The largest absolute Gasteiger partial charge is 0.394 e. The third-order valence-corrected chi connectivity index (χ3v) is 4.68. The van der Waals surface area contributed by atoms with Crippen molar-refractivity contribution < 1.29 is 19.7 Å². The van der Waals surface area contributed by atoms with Crippen LogP contribution >= 0.6 is 0 Å². The SMILES string of the molecule is CCCCCCCNC(=O)/C=C/c1cn([C@H]2C[C@@H](O)[C@@H](CO)O2)c(=O)[nH]c1=O. The summed E-state index contributed by atoms with van der Waals surface area (Å²) >= 11 is 0. The molecule has 1 fully saturated rings. The van der Waals surface area contributed by atoms with E-state index >= 15 is 0 Å². The Bertz CT molecular complexity index is 785. The molecule has 4 N–H and O–H groups in total. The molecule has 1 aliphatic rings. The van der Waals surface area contributed by atoms with Crippen LogP contribution < -0.4 is 16.6 Å². The van der Waals surface area contributed by atoms with E-state index in [0.29, 0.717) is 6.54 Å². The number of amides is 1. The number of ether oxygens (including phenoxy) is 1. The Morgan fingerprint density at radius 1 is 1.36 bits per heavy atom. The van der Waals surface area contributed by atoms with Gasteiger partial charge in [-0.25, -0.2) is 4.79 Å². The first-order valence-electron chi connectivity index (χ1n) is 9.72. The molecule has 0 bridgehead atoms. The molecule has 3 atom stereocenters. The molecule has 1 amide bonds. The van der Waals surface area contributed by atoms with Gasteiger partial charge in [-0.05, 0) is 12.5 Å². The molecule has 1 aliphatic heterocycles. The number of nitrogens with one attached hydrogen (secondary N) is 2. The zero-order valence-corrected chi connectivity index (χ0v) is 16.1. The molecule has 0 radical (unpaired) electrons. The van der Waals surface area contributed by atoms with E-state index in [9.17, 15) is 19.5 Å². The minimum Gasteiger partial charge on any atom is -0.394 e.